The zero-order valence-electron chi connectivity index (χ0n) is 50.0. The van der Waals surface area contributed by atoms with Gasteiger partial charge in [-0.05, 0) is 105 Å². The molecule has 31 atom stereocenters. The van der Waals surface area contributed by atoms with Crippen molar-refractivity contribution in [2.24, 2.45) is 50.2 Å². The number of rotatable bonds is 2. The molecule has 1 spiro atoms. The van der Waals surface area contributed by atoms with Crippen molar-refractivity contribution in [2.75, 3.05) is 26.4 Å². The van der Waals surface area contributed by atoms with Crippen LogP contribution in [-0.2, 0) is 61.8 Å². The Labute approximate surface area is 498 Å². The number of allylic oxidation sites excluding steroid dienone is 2. The number of carbonyl (C=O) groups is 3. The molecular formula is C59H92O27. The minimum absolute atomic E-state index is 0.0972. The Morgan fingerprint density at radius 2 is 1.22 bits per heavy atom. The molecule has 490 valence electrons. The third-order valence-electron chi connectivity index (χ3n) is 22.6. The van der Waals surface area contributed by atoms with Gasteiger partial charge in [-0.1, -0.05) is 53.2 Å². The third-order valence-corrected chi connectivity index (χ3v) is 22.6. The van der Waals surface area contributed by atoms with Crippen LogP contribution in [0, 0.1) is 50.2 Å². The number of ether oxygens (including phenoxy) is 10. The van der Waals surface area contributed by atoms with Crippen molar-refractivity contribution in [3.63, 3.8) is 0 Å². The fraction of sp³-hybridized carbons (Fsp3) is 0.915. The first-order valence-electron chi connectivity index (χ1n) is 30.4. The molecule has 0 aromatic carbocycles. The first-order chi connectivity index (χ1) is 40.1. The van der Waals surface area contributed by atoms with Crippen LogP contribution in [0.15, 0.2) is 11.6 Å². The van der Waals surface area contributed by atoms with Gasteiger partial charge in [-0.2, -0.15) is 0 Å². The highest BCUT2D eigenvalue weighted by Gasteiger charge is 2.73. The highest BCUT2D eigenvalue weighted by Crippen LogP contribution is 2.76. The van der Waals surface area contributed by atoms with E-state index in [2.05, 4.69) is 40.7 Å². The van der Waals surface area contributed by atoms with Gasteiger partial charge in [0.2, 0.25) is 6.29 Å². The fourth-order valence-corrected chi connectivity index (χ4v) is 17.6. The molecule has 27 heteroatoms. The van der Waals surface area contributed by atoms with Gasteiger partial charge in [0.15, 0.2) is 31.1 Å². The van der Waals surface area contributed by atoms with E-state index in [1.54, 1.807) is 6.92 Å². The van der Waals surface area contributed by atoms with Gasteiger partial charge in [0.05, 0.1) is 62.7 Å². The second-order valence-corrected chi connectivity index (χ2v) is 28.7. The number of aliphatic hydroxyl groups excluding tert-OH is 13. The van der Waals surface area contributed by atoms with Crippen LogP contribution in [0.25, 0.3) is 0 Å². The zero-order chi connectivity index (χ0) is 62.9. The van der Waals surface area contributed by atoms with Crippen molar-refractivity contribution in [3.05, 3.63) is 11.6 Å². The van der Waals surface area contributed by atoms with E-state index < -0.39 is 237 Å². The molecule has 6 saturated heterocycles. The van der Waals surface area contributed by atoms with E-state index in [1.807, 2.05) is 0 Å². The van der Waals surface area contributed by atoms with Gasteiger partial charge in [0, 0.05) is 5.41 Å². The van der Waals surface area contributed by atoms with Crippen LogP contribution in [0.1, 0.15) is 120 Å². The molecule has 12 bridgehead atoms. The summed E-state index contributed by atoms with van der Waals surface area (Å²) in [4.78, 5) is 42.1. The lowest BCUT2D eigenvalue weighted by atomic mass is 9.33. The summed E-state index contributed by atoms with van der Waals surface area (Å²) >= 11 is 0. The number of hydrogen-bond acceptors (Lipinski definition) is 27. The van der Waals surface area contributed by atoms with E-state index in [4.69, 9.17) is 47.4 Å². The highest BCUT2D eigenvalue weighted by atomic mass is 16.8. The molecule has 9 aliphatic heterocycles. The standard InChI is InChI=1S/C59H92O27/c1-24-44-41(72)43(74)48(79-24)83-45-36(67)28(63)21-78-50(45)86-52(75)59-14-13-53(2,3)15-26(59)25-9-10-32-55(5)16-27(62)47(56(6,23-61)31(55)11-12-57(32,7)58(25,8)17-33(59)64)85-51-46(40(71)37(68)29(20-60)80-51)84-49-42(73)39(70)38(69)30(81-49)22-77-34(65)18-54(4,76)19-35(66)82-44/h9,24,26-33,36-51,60-64,67-74,76H,10-23H2,1-8H3/t24-,26-,27-,28-,29+,30+,31+,32+,33+,36-,37+,38+,39-,40-,41-,42+,43+,44-,45+,46+,47-,48-,49-,50-,51-,54-,55-,56-,57+,58+,59+/m0/s1. The largest absolute Gasteiger partial charge is 0.463 e. The van der Waals surface area contributed by atoms with Crippen LogP contribution in [0.2, 0.25) is 0 Å². The van der Waals surface area contributed by atoms with Crippen LogP contribution >= 0.6 is 0 Å². The normalized spacial score (nSPS) is 54.7. The molecule has 10 fully saturated rings. The number of aliphatic hydroxyl groups is 14. The molecule has 14 aliphatic rings. The van der Waals surface area contributed by atoms with Gasteiger partial charge < -0.3 is 119 Å². The smallest absolute Gasteiger partial charge is 0.317 e. The van der Waals surface area contributed by atoms with Gasteiger partial charge in [0.1, 0.15) is 85.3 Å². The second kappa shape index (κ2) is 23.8. The van der Waals surface area contributed by atoms with Gasteiger partial charge >= 0.3 is 17.9 Å². The Morgan fingerprint density at radius 3 is 1.90 bits per heavy atom. The van der Waals surface area contributed by atoms with Crippen LogP contribution in [0.3, 0.4) is 0 Å². The maximum absolute atomic E-state index is 15.4. The van der Waals surface area contributed by atoms with Crippen molar-refractivity contribution in [1.82, 2.24) is 0 Å². The molecule has 86 heavy (non-hydrogen) atoms. The molecule has 9 heterocycles. The molecule has 27 nitrogen and oxygen atoms in total. The van der Waals surface area contributed by atoms with E-state index in [0.717, 1.165) is 12.5 Å². The lowest BCUT2D eigenvalue weighted by Gasteiger charge is -2.72. The molecule has 0 aromatic heterocycles. The summed E-state index contributed by atoms with van der Waals surface area (Å²) < 4.78 is 59.5. The van der Waals surface area contributed by atoms with Crippen LogP contribution in [0.5, 0.6) is 0 Å². The predicted molar refractivity (Wildman–Crippen MR) is 287 cm³/mol. The topological polar surface area (TPSA) is 427 Å². The molecule has 4 saturated carbocycles. The first kappa shape index (κ1) is 66.2. The second-order valence-electron chi connectivity index (χ2n) is 28.7. The average molecular weight is 1230 g/mol. The van der Waals surface area contributed by atoms with Crippen LogP contribution < -0.4 is 0 Å². The van der Waals surface area contributed by atoms with Gasteiger partial charge in [-0.3, -0.25) is 14.4 Å². The molecule has 0 unspecified atom stereocenters. The van der Waals surface area contributed by atoms with E-state index in [9.17, 15) is 81.1 Å². The number of esters is 3. The minimum Gasteiger partial charge on any atom is -0.463 e. The van der Waals surface area contributed by atoms with Crippen LogP contribution in [-0.4, -0.2) is 256 Å². The van der Waals surface area contributed by atoms with Crippen LogP contribution in [0.4, 0.5) is 0 Å². The zero-order valence-corrected chi connectivity index (χ0v) is 50.0. The summed E-state index contributed by atoms with van der Waals surface area (Å²) in [6.07, 6.45) is -35.3. The van der Waals surface area contributed by atoms with E-state index in [-0.39, 0.29) is 30.6 Å². The van der Waals surface area contributed by atoms with Crippen molar-refractivity contribution in [1.29, 1.82) is 0 Å². The molecule has 0 radical (unpaired) electrons. The maximum Gasteiger partial charge on any atom is 0.317 e. The molecule has 5 aliphatic carbocycles. The monoisotopic (exact) mass is 1230 g/mol. The van der Waals surface area contributed by atoms with Crippen molar-refractivity contribution >= 4 is 17.9 Å². The van der Waals surface area contributed by atoms with Gasteiger partial charge in [0.25, 0.3) is 0 Å². The first-order valence-corrected chi connectivity index (χ1v) is 30.4. The van der Waals surface area contributed by atoms with E-state index >= 15 is 4.79 Å². The Morgan fingerprint density at radius 1 is 0.581 bits per heavy atom. The Bertz CT molecular complexity index is 2520. The van der Waals surface area contributed by atoms with Crippen molar-refractivity contribution in [2.45, 2.75) is 260 Å². The van der Waals surface area contributed by atoms with E-state index in [0.29, 0.717) is 32.1 Å². The Kier molecular flexibility index (Phi) is 18.3. The molecule has 14 rings (SSSR count). The Balaban J connectivity index is 1.02. The summed E-state index contributed by atoms with van der Waals surface area (Å²) in [6, 6.07) is 0. The van der Waals surface area contributed by atoms with Gasteiger partial charge in [-0.25, -0.2) is 0 Å². The van der Waals surface area contributed by atoms with Crippen molar-refractivity contribution < 1.29 is 133 Å². The summed E-state index contributed by atoms with van der Waals surface area (Å²) in [5.74, 6) is -4.44. The van der Waals surface area contributed by atoms with Crippen molar-refractivity contribution in [3.8, 4) is 0 Å². The lowest BCUT2D eigenvalue weighted by Crippen LogP contribution is -2.71. The highest BCUT2D eigenvalue weighted by molar-refractivity contribution is 5.80. The molecule has 0 aromatic rings. The molecule has 14 N–H and O–H groups in total. The predicted octanol–water partition coefficient (Wildman–Crippen LogP) is -2.81. The summed E-state index contributed by atoms with van der Waals surface area (Å²) in [5.41, 5.74) is -6.64. The SMILES string of the molecule is C[C@@H]1O[C@H]2O[C@H]3[C@@H](OC[C@H](O)[C@@H]3O)OC(=O)[C@]34CCC(C)(C)C[C@H]3C3=CC[C@@H]5[C@@]6(C)C[C@H](O)[C@H](O[C@@H]7O[C@H](CO)[C@@H](O)[C@H](O)[C@H]7O[C@@H]7O[C@H](COC(=O)C[C@](C)(O)CC(=O)O[C@@H]1[C@@H](O)[C@H]2O)[C@@H](O)[C@H](O)[C@H]7O)[C@@](C)(CO)[C@@H]6CC[C@@]5(C)[C@]3(C)C[C@H]4O. The lowest BCUT2D eigenvalue weighted by molar-refractivity contribution is -0.384. The molecule has 0 amide bonds. The quantitative estimate of drug-likeness (QED) is 0.0574. The molecular weight excluding hydrogens is 1140 g/mol. The fourth-order valence-electron chi connectivity index (χ4n) is 17.6. The number of hydrogen-bond donors (Lipinski definition) is 14. The minimum atomic E-state index is -2.22. The van der Waals surface area contributed by atoms with Gasteiger partial charge in [-0.15, -0.1) is 0 Å². The Hall–Kier alpha value is -2.69. The van der Waals surface area contributed by atoms with E-state index in [1.165, 1.54) is 6.92 Å². The third kappa shape index (κ3) is 11.0. The number of carbonyl (C=O) groups excluding carboxylic acids is 3. The average Bonchev–Trinajstić information content (AvgIpc) is 0.673. The summed E-state index contributed by atoms with van der Waals surface area (Å²) in [7, 11) is 0. The summed E-state index contributed by atoms with van der Waals surface area (Å²) in [5, 5.41) is 160. The maximum atomic E-state index is 15.4. The summed E-state index contributed by atoms with van der Waals surface area (Å²) in [6.45, 7) is 12.0.